The lowest BCUT2D eigenvalue weighted by Crippen LogP contribution is -2.56. The summed E-state index contributed by atoms with van der Waals surface area (Å²) in [5, 5.41) is 3.83. The summed E-state index contributed by atoms with van der Waals surface area (Å²) in [6.45, 7) is 2.22. The molecule has 3 aromatic heterocycles. The van der Waals surface area contributed by atoms with Crippen molar-refractivity contribution in [3.63, 3.8) is 0 Å². The molecule has 6 aliphatic rings. The number of nitrogens with zero attached hydrogens (tertiary/aromatic N) is 3. The number of benzene rings is 5. The van der Waals surface area contributed by atoms with E-state index in [1.165, 1.54) is 115 Å². The van der Waals surface area contributed by atoms with Crippen LogP contribution in [0.1, 0.15) is 79.3 Å². The molecule has 0 radical (unpaired) electrons. The topological polar surface area (TPSA) is 22.8 Å². The van der Waals surface area contributed by atoms with Crippen LogP contribution in [0.25, 0.3) is 66.9 Å². The van der Waals surface area contributed by atoms with Gasteiger partial charge in [0.05, 0.1) is 16.6 Å². The maximum Gasteiger partial charge on any atom is 0.0571 e. The Balaban J connectivity index is 0.953. The number of pyridine rings is 1. The zero-order valence-corrected chi connectivity index (χ0v) is 35.0. The molecule has 0 unspecified atom stereocenters. The van der Waals surface area contributed by atoms with Gasteiger partial charge in [0.15, 0.2) is 0 Å². The van der Waals surface area contributed by atoms with Crippen LogP contribution >= 0.6 is 0 Å². The minimum atomic E-state index is 0.00653. The molecule has 0 spiro atoms. The van der Waals surface area contributed by atoms with Crippen molar-refractivity contribution in [2.24, 2.45) is 23.7 Å². The SMILES string of the molecule is Cc1ccccc1-c1ccc2c(c1)c1c(n2-c2ccc(C3(C4=CCCC=C4c4ccc5c6cnccc6n(-c6ccccc6)c5c4)C4CC5CC(C4)CC3C5)cc2)CCC=C1. The van der Waals surface area contributed by atoms with Crippen LogP contribution in [0.15, 0.2) is 158 Å². The predicted molar refractivity (Wildman–Crippen MR) is 253 cm³/mol. The van der Waals surface area contributed by atoms with E-state index in [9.17, 15) is 0 Å². The smallest absolute Gasteiger partial charge is 0.0571 e. The summed E-state index contributed by atoms with van der Waals surface area (Å²) in [6.07, 6.45) is 25.3. The molecule has 8 aromatic rings. The van der Waals surface area contributed by atoms with Crippen molar-refractivity contribution in [2.75, 3.05) is 0 Å². The summed E-state index contributed by atoms with van der Waals surface area (Å²) in [4.78, 5) is 4.58. The van der Waals surface area contributed by atoms with Gasteiger partial charge in [0.1, 0.15) is 0 Å². The van der Waals surface area contributed by atoms with Gasteiger partial charge < -0.3 is 9.13 Å². The van der Waals surface area contributed by atoms with Gasteiger partial charge in [-0.2, -0.15) is 0 Å². The molecule has 298 valence electrons. The van der Waals surface area contributed by atoms with Gasteiger partial charge in [0.25, 0.3) is 0 Å². The molecule has 0 atom stereocenters. The molecule has 0 N–H and O–H groups in total. The Bertz CT molecular complexity index is 3120. The maximum atomic E-state index is 4.58. The molecule has 5 aromatic carbocycles. The van der Waals surface area contributed by atoms with Crippen molar-refractivity contribution in [1.29, 1.82) is 0 Å². The highest BCUT2D eigenvalue weighted by molar-refractivity contribution is 6.10. The number of rotatable bonds is 6. The Kier molecular flexibility index (Phi) is 7.96. The zero-order valence-electron chi connectivity index (χ0n) is 35.0. The van der Waals surface area contributed by atoms with Crippen LogP contribution in [0, 0.1) is 30.6 Å². The predicted octanol–water partition coefficient (Wildman–Crippen LogP) is 14.6. The fraction of sp³-hybridized carbons (Fsp3) is 0.259. The summed E-state index contributed by atoms with van der Waals surface area (Å²) in [6, 6.07) is 46.4. The lowest BCUT2D eigenvalue weighted by Gasteiger charge is -2.63. The number of allylic oxidation sites excluding steroid dienone is 5. The standard InChI is InChI=1S/C58H51N3/c1-37-11-5-6-14-47(37)40-20-26-55-51(34-40)49-16-8-10-18-54(49)60(55)46-23-21-42(22-24-46)58(43-30-38-29-39(32-43)33-44(58)31-38)53-17-9-7-15-48(53)41-19-25-50-52-36-59-28-27-56(52)61(57(50)35-41)45-12-3-2-4-13-45/h2-6,8,11-17,19-28,34-36,38-39,43-44H,7,9-10,18,29-33H2,1H3. The Morgan fingerprint density at radius 3 is 2.15 bits per heavy atom. The minimum Gasteiger partial charge on any atom is -0.313 e. The Morgan fingerprint density at radius 1 is 0.590 bits per heavy atom. The quantitative estimate of drug-likeness (QED) is 0.165. The Labute approximate surface area is 358 Å². The molecule has 3 heteroatoms. The molecule has 4 bridgehead atoms. The molecule has 0 amide bonds. The van der Waals surface area contributed by atoms with Crippen LogP contribution in [0.5, 0.6) is 0 Å². The largest absolute Gasteiger partial charge is 0.313 e. The van der Waals surface area contributed by atoms with Gasteiger partial charge in [-0.05, 0) is 176 Å². The maximum absolute atomic E-state index is 4.58. The van der Waals surface area contributed by atoms with Gasteiger partial charge in [0, 0.05) is 56.6 Å². The summed E-state index contributed by atoms with van der Waals surface area (Å²) in [5.41, 5.74) is 19.0. The third-order valence-corrected chi connectivity index (χ3v) is 15.9. The van der Waals surface area contributed by atoms with Crippen LogP contribution in [0.4, 0.5) is 0 Å². The average Bonchev–Trinajstić information content (AvgIpc) is 3.82. The third-order valence-electron chi connectivity index (χ3n) is 15.9. The van der Waals surface area contributed by atoms with E-state index in [1.54, 1.807) is 11.1 Å². The van der Waals surface area contributed by atoms with Gasteiger partial charge in [0.2, 0.25) is 0 Å². The molecule has 6 aliphatic carbocycles. The van der Waals surface area contributed by atoms with Crippen LogP contribution in [0.2, 0.25) is 0 Å². The van der Waals surface area contributed by atoms with E-state index in [0.29, 0.717) is 11.8 Å². The van der Waals surface area contributed by atoms with Crippen LogP contribution < -0.4 is 0 Å². The van der Waals surface area contributed by atoms with Gasteiger partial charge in [-0.15, -0.1) is 0 Å². The molecular weight excluding hydrogens is 739 g/mol. The van der Waals surface area contributed by atoms with E-state index in [1.807, 2.05) is 12.4 Å². The van der Waals surface area contributed by atoms with E-state index < -0.39 is 0 Å². The van der Waals surface area contributed by atoms with Crippen molar-refractivity contribution in [3.8, 4) is 22.5 Å². The minimum absolute atomic E-state index is 0.00653. The first-order valence-electron chi connectivity index (χ1n) is 23.0. The van der Waals surface area contributed by atoms with Crippen LogP contribution in [0.3, 0.4) is 0 Å². The molecule has 3 heterocycles. The number of aromatic nitrogens is 3. The molecule has 14 rings (SSSR count). The lowest BCUT2D eigenvalue weighted by atomic mass is 9.41. The molecule has 4 fully saturated rings. The van der Waals surface area contributed by atoms with Crippen molar-refractivity contribution in [1.82, 2.24) is 14.1 Å². The Hall–Kier alpha value is -6.19. The van der Waals surface area contributed by atoms with Crippen LogP contribution in [-0.4, -0.2) is 14.1 Å². The third kappa shape index (κ3) is 5.25. The van der Waals surface area contributed by atoms with E-state index in [-0.39, 0.29) is 5.41 Å². The molecule has 4 saturated carbocycles. The highest BCUT2D eigenvalue weighted by atomic mass is 15.0. The summed E-state index contributed by atoms with van der Waals surface area (Å²) in [5.74, 6) is 3.10. The first kappa shape index (κ1) is 35.6. The second kappa shape index (κ2) is 13.7. The second-order valence-corrected chi connectivity index (χ2v) is 19.0. The van der Waals surface area contributed by atoms with E-state index in [4.69, 9.17) is 0 Å². The number of fused-ring (bicyclic) bond motifs is 6. The highest BCUT2D eigenvalue weighted by Crippen LogP contribution is 2.67. The molecule has 61 heavy (non-hydrogen) atoms. The average molecular weight is 790 g/mol. The number of hydrogen-bond acceptors (Lipinski definition) is 1. The molecular formula is C58H51N3. The van der Waals surface area contributed by atoms with Crippen molar-refractivity contribution in [3.05, 3.63) is 185 Å². The van der Waals surface area contributed by atoms with E-state index in [2.05, 4.69) is 167 Å². The van der Waals surface area contributed by atoms with Crippen molar-refractivity contribution >= 4 is 44.4 Å². The highest BCUT2D eigenvalue weighted by Gasteiger charge is 2.59. The van der Waals surface area contributed by atoms with Gasteiger partial charge in [-0.25, -0.2) is 0 Å². The fourth-order valence-electron chi connectivity index (χ4n) is 13.7. The second-order valence-electron chi connectivity index (χ2n) is 19.0. The zero-order chi connectivity index (χ0) is 40.2. The van der Waals surface area contributed by atoms with E-state index in [0.717, 1.165) is 37.5 Å². The number of para-hydroxylation sites is 1. The Morgan fingerprint density at radius 2 is 1.33 bits per heavy atom. The normalized spacial score (nSPS) is 24.1. The summed E-state index contributed by atoms with van der Waals surface area (Å²) >= 11 is 0. The lowest BCUT2D eigenvalue weighted by molar-refractivity contribution is -0.0418. The van der Waals surface area contributed by atoms with Crippen LogP contribution in [-0.2, 0) is 11.8 Å². The summed E-state index contributed by atoms with van der Waals surface area (Å²) < 4.78 is 5.04. The van der Waals surface area contributed by atoms with Gasteiger partial charge in [-0.3, -0.25) is 4.98 Å². The number of aryl methyl sites for hydroxylation is 1. The van der Waals surface area contributed by atoms with E-state index >= 15 is 0 Å². The van der Waals surface area contributed by atoms with Gasteiger partial charge in [-0.1, -0.05) is 97.1 Å². The molecule has 0 aliphatic heterocycles. The van der Waals surface area contributed by atoms with Gasteiger partial charge >= 0.3 is 0 Å². The monoisotopic (exact) mass is 789 g/mol. The van der Waals surface area contributed by atoms with Crippen molar-refractivity contribution in [2.45, 2.75) is 70.1 Å². The summed E-state index contributed by atoms with van der Waals surface area (Å²) in [7, 11) is 0. The number of hydrogen-bond donors (Lipinski definition) is 0. The molecule has 3 nitrogen and oxygen atoms in total. The van der Waals surface area contributed by atoms with Crippen molar-refractivity contribution < 1.29 is 0 Å². The fourth-order valence-corrected chi connectivity index (χ4v) is 13.7. The first-order valence-corrected chi connectivity index (χ1v) is 23.0. The molecule has 0 saturated heterocycles. The first-order chi connectivity index (χ1) is 30.1.